The zero-order chi connectivity index (χ0) is 18.1. The molecule has 0 saturated heterocycles. The Morgan fingerprint density at radius 1 is 1.16 bits per heavy atom. The van der Waals surface area contributed by atoms with Crippen LogP contribution >= 0.6 is 23.2 Å². The van der Waals surface area contributed by atoms with Crippen molar-refractivity contribution < 1.29 is 4.79 Å². The van der Waals surface area contributed by atoms with Crippen molar-refractivity contribution in [2.45, 2.75) is 19.9 Å². The Labute approximate surface area is 156 Å². The first-order valence-corrected chi connectivity index (χ1v) is 8.60. The number of benzene rings is 1. The van der Waals surface area contributed by atoms with E-state index in [-0.39, 0.29) is 11.9 Å². The van der Waals surface area contributed by atoms with Gasteiger partial charge in [0.05, 0.1) is 21.4 Å². The van der Waals surface area contributed by atoms with E-state index in [2.05, 4.69) is 10.4 Å². The Hall–Kier alpha value is -2.24. The van der Waals surface area contributed by atoms with E-state index in [9.17, 15) is 4.79 Å². The van der Waals surface area contributed by atoms with Gasteiger partial charge in [0.1, 0.15) is 11.4 Å². The Kier molecular flexibility index (Phi) is 4.88. The SMILES string of the molecule is CC(C)NC(=O)c1cc(-c2cccn2C)nn1-c1ccc(Cl)c(Cl)c1. The Balaban J connectivity index is 2.14. The second kappa shape index (κ2) is 6.94. The van der Waals surface area contributed by atoms with Crippen molar-refractivity contribution in [3.63, 3.8) is 0 Å². The maximum Gasteiger partial charge on any atom is 0.270 e. The summed E-state index contributed by atoms with van der Waals surface area (Å²) >= 11 is 12.1. The maximum absolute atomic E-state index is 12.6. The summed E-state index contributed by atoms with van der Waals surface area (Å²) in [6.45, 7) is 3.83. The predicted octanol–water partition coefficient (Wildman–Crippen LogP) is 4.32. The third kappa shape index (κ3) is 3.57. The van der Waals surface area contributed by atoms with Crippen molar-refractivity contribution in [3.8, 4) is 17.1 Å². The van der Waals surface area contributed by atoms with Gasteiger partial charge in [-0.1, -0.05) is 23.2 Å². The number of aryl methyl sites for hydroxylation is 1. The highest BCUT2D eigenvalue weighted by atomic mass is 35.5. The van der Waals surface area contributed by atoms with Crippen LogP contribution in [0, 0.1) is 0 Å². The van der Waals surface area contributed by atoms with Gasteiger partial charge in [0.2, 0.25) is 0 Å². The van der Waals surface area contributed by atoms with Gasteiger partial charge in [-0.2, -0.15) is 5.10 Å². The lowest BCUT2D eigenvalue weighted by Crippen LogP contribution is -2.31. The monoisotopic (exact) mass is 376 g/mol. The minimum atomic E-state index is -0.200. The summed E-state index contributed by atoms with van der Waals surface area (Å²) in [5.41, 5.74) is 2.72. The largest absolute Gasteiger partial charge is 0.349 e. The van der Waals surface area contributed by atoms with E-state index in [0.29, 0.717) is 27.1 Å². The van der Waals surface area contributed by atoms with Crippen LogP contribution in [0.2, 0.25) is 10.0 Å². The van der Waals surface area contributed by atoms with Gasteiger partial charge < -0.3 is 9.88 Å². The molecule has 0 atom stereocenters. The molecule has 0 radical (unpaired) electrons. The molecule has 0 aliphatic heterocycles. The minimum Gasteiger partial charge on any atom is -0.349 e. The van der Waals surface area contributed by atoms with E-state index in [4.69, 9.17) is 23.2 Å². The number of amides is 1. The molecule has 0 bridgehead atoms. The van der Waals surface area contributed by atoms with Gasteiger partial charge in [-0.25, -0.2) is 4.68 Å². The van der Waals surface area contributed by atoms with Crippen LogP contribution < -0.4 is 5.32 Å². The second-order valence-corrected chi connectivity index (χ2v) is 6.87. The molecular formula is C18H18Cl2N4O. The quantitative estimate of drug-likeness (QED) is 0.736. The average Bonchev–Trinajstić information content (AvgIpc) is 3.15. The number of rotatable bonds is 4. The molecule has 1 aromatic carbocycles. The summed E-state index contributed by atoms with van der Waals surface area (Å²) in [6, 6.07) is 10.8. The van der Waals surface area contributed by atoms with Gasteiger partial charge in [0, 0.05) is 19.3 Å². The number of halogens is 2. The molecule has 130 valence electrons. The second-order valence-electron chi connectivity index (χ2n) is 6.06. The summed E-state index contributed by atoms with van der Waals surface area (Å²) < 4.78 is 3.54. The first kappa shape index (κ1) is 17.6. The third-order valence-electron chi connectivity index (χ3n) is 3.72. The fourth-order valence-electron chi connectivity index (χ4n) is 2.54. The molecule has 5 nitrogen and oxygen atoms in total. The Morgan fingerprint density at radius 2 is 1.92 bits per heavy atom. The van der Waals surface area contributed by atoms with Crippen molar-refractivity contribution in [1.29, 1.82) is 0 Å². The van der Waals surface area contributed by atoms with Crippen LogP contribution in [-0.2, 0) is 7.05 Å². The molecule has 0 spiro atoms. The number of nitrogens with one attached hydrogen (secondary N) is 1. The van der Waals surface area contributed by atoms with E-state index in [1.165, 1.54) is 0 Å². The molecular weight excluding hydrogens is 359 g/mol. The first-order valence-electron chi connectivity index (χ1n) is 7.85. The molecule has 2 aromatic heterocycles. The molecule has 7 heteroatoms. The van der Waals surface area contributed by atoms with E-state index in [1.54, 1.807) is 28.9 Å². The van der Waals surface area contributed by atoms with Crippen molar-refractivity contribution >= 4 is 29.1 Å². The number of hydrogen-bond acceptors (Lipinski definition) is 2. The van der Waals surface area contributed by atoms with Crippen LogP contribution in [0.3, 0.4) is 0 Å². The van der Waals surface area contributed by atoms with Crippen molar-refractivity contribution in [1.82, 2.24) is 19.7 Å². The van der Waals surface area contributed by atoms with Gasteiger partial charge in [0.25, 0.3) is 5.91 Å². The molecule has 1 N–H and O–H groups in total. The lowest BCUT2D eigenvalue weighted by atomic mass is 10.2. The highest BCUT2D eigenvalue weighted by Crippen LogP contribution is 2.27. The molecule has 0 aliphatic carbocycles. The number of hydrogen-bond donors (Lipinski definition) is 1. The van der Waals surface area contributed by atoms with Crippen LogP contribution in [0.5, 0.6) is 0 Å². The van der Waals surface area contributed by atoms with E-state index in [1.807, 2.05) is 43.8 Å². The lowest BCUT2D eigenvalue weighted by molar-refractivity contribution is 0.0935. The highest BCUT2D eigenvalue weighted by molar-refractivity contribution is 6.42. The summed E-state index contributed by atoms with van der Waals surface area (Å²) in [5.74, 6) is -0.200. The fraction of sp³-hybridized carbons (Fsp3) is 0.222. The molecule has 0 fully saturated rings. The number of nitrogens with zero attached hydrogens (tertiary/aromatic N) is 3. The van der Waals surface area contributed by atoms with Crippen molar-refractivity contribution in [2.75, 3.05) is 0 Å². The van der Waals surface area contributed by atoms with E-state index < -0.39 is 0 Å². The smallest absolute Gasteiger partial charge is 0.270 e. The Bertz CT molecular complexity index is 927. The molecule has 2 heterocycles. The van der Waals surface area contributed by atoms with Gasteiger partial charge in [0.15, 0.2) is 0 Å². The average molecular weight is 377 g/mol. The van der Waals surface area contributed by atoms with E-state index >= 15 is 0 Å². The van der Waals surface area contributed by atoms with Crippen LogP contribution in [0.25, 0.3) is 17.1 Å². The van der Waals surface area contributed by atoms with E-state index in [0.717, 1.165) is 5.69 Å². The van der Waals surface area contributed by atoms with Crippen LogP contribution in [0.4, 0.5) is 0 Å². The van der Waals surface area contributed by atoms with Crippen LogP contribution in [-0.4, -0.2) is 26.3 Å². The molecule has 0 saturated carbocycles. The summed E-state index contributed by atoms with van der Waals surface area (Å²) in [6.07, 6.45) is 1.93. The van der Waals surface area contributed by atoms with Gasteiger partial charge in [-0.05, 0) is 50.2 Å². The zero-order valence-electron chi connectivity index (χ0n) is 14.1. The van der Waals surface area contributed by atoms with Crippen molar-refractivity contribution in [2.24, 2.45) is 7.05 Å². The summed E-state index contributed by atoms with van der Waals surface area (Å²) in [5, 5.41) is 8.38. The molecule has 3 aromatic rings. The van der Waals surface area contributed by atoms with Crippen molar-refractivity contribution in [3.05, 3.63) is 58.3 Å². The fourth-order valence-corrected chi connectivity index (χ4v) is 2.84. The van der Waals surface area contributed by atoms with Gasteiger partial charge in [-0.15, -0.1) is 0 Å². The molecule has 0 aliphatic rings. The summed E-state index contributed by atoms with van der Waals surface area (Å²) in [7, 11) is 1.93. The van der Waals surface area contributed by atoms with Gasteiger partial charge >= 0.3 is 0 Å². The predicted molar refractivity (Wildman–Crippen MR) is 101 cm³/mol. The molecule has 0 unspecified atom stereocenters. The highest BCUT2D eigenvalue weighted by Gasteiger charge is 2.19. The lowest BCUT2D eigenvalue weighted by Gasteiger charge is -2.11. The normalized spacial score (nSPS) is 11.1. The first-order chi connectivity index (χ1) is 11.9. The van der Waals surface area contributed by atoms with Gasteiger partial charge in [-0.3, -0.25) is 4.79 Å². The maximum atomic E-state index is 12.6. The zero-order valence-corrected chi connectivity index (χ0v) is 15.6. The number of aromatic nitrogens is 3. The minimum absolute atomic E-state index is 0.0168. The number of carbonyl (C=O) groups excluding carboxylic acids is 1. The van der Waals surface area contributed by atoms with Crippen LogP contribution in [0.1, 0.15) is 24.3 Å². The number of carbonyl (C=O) groups is 1. The Morgan fingerprint density at radius 3 is 2.52 bits per heavy atom. The van der Waals surface area contributed by atoms with Crippen LogP contribution in [0.15, 0.2) is 42.6 Å². The third-order valence-corrected chi connectivity index (χ3v) is 4.45. The molecule has 3 rings (SSSR count). The molecule has 25 heavy (non-hydrogen) atoms. The standard InChI is InChI=1S/C18H18Cl2N4O/c1-11(2)21-18(25)17-10-15(16-5-4-8-23(16)3)22-24(17)12-6-7-13(19)14(20)9-12/h4-11H,1-3H3,(H,21,25). The molecule has 1 amide bonds. The summed E-state index contributed by atoms with van der Waals surface area (Å²) in [4.78, 5) is 12.6. The topological polar surface area (TPSA) is 51.9 Å².